The number of nitrogens with one attached hydrogen (secondary N) is 1. The van der Waals surface area contributed by atoms with Gasteiger partial charge >= 0.3 is 58.7 Å². The van der Waals surface area contributed by atoms with Crippen molar-refractivity contribution in [3.05, 3.63) is 16.0 Å². The van der Waals surface area contributed by atoms with Gasteiger partial charge in [-0.25, -0.2) is 4.79 Å². The quantitative estimate of drug-likeness (QED) is 0.135. The molecule has 1 aromatic heterocycles. The zero-order valence-electron chi connectivity index (χ0n) is 20.8. The third-order valence-corrected chi connectivity index (χ3v) is 7.49. The molecule has 0 radical (unpaired) electrons. The summed E-state index contributed by atoms with van der Waals surface area (Å²) in [6.45, 7) is 1.19. The maximum atomic E-state index is 14.4. The molecule has 0 saturated heterocycles. The molecule has 0 fully saturated rings. The summed E-state index contributed by atoms with van der Waals surface area (Å²) in [5.74, 6) is -62.5. The Balaban J connectivity index is 2.57. The normalized spacial score (nSPS) is 16.1. The van der Waals surface area contributed by atoms with Gasteiger partial charge in [-0.3, -0.25) is 4.79 Å². The van der Waals surface area contributed by atoms with Gasteiger partial charge in [0.1, 0.15) is 5.00 Å². The summed E-state index contributed by atoms with van der Waals surface area (Å²) in [6.07, 6.45) is 1.13. The molecular formula is C21H16ClF16NO3S. The number of ether oxygens (including phenoxy) is 1. The lowest BCUT2D eigenvalue weighted by Gasteiger charge is -2.42. The van der Waals surface area contributed by atoms with Crippen LogP contribution in [-0.4, -0.2) is 65.3 Å². The van der Waals surface area contributed by atoms with Crippen molar-refractivity contribution in [3.8, 4) is 0 Å². The zero-order valence-corrected chi connectivity index (χ0v) is 22.4. The topological polar surface area (TPSA) is 55.4 Å². The summed E-state index contributed by atoms with van der Waals surface area (Å²) in [6, 6.07) is 0. The van der Waals surface area contributed by atoms with Gasteiger partial charge in [0.25, 0.3) is 0 Å². The fourth-order valence-corrected chi connectivity index (χ4v) is 5.02. The number of rotatable bonds is 12. The number of carbonyl (C=O) groups is 2. The molecule has 0 spiro atoms. The first-order chi connectivity index (χ1) is 19.1. The van der Waals surface area contributed by atoms with Crippen molar-refractivity contribution >= 4 is 39.8 Å². The van der Waals surface area contributed by atoms with E-state index in [0.29, 0.717) is 12.8 Å². The van der Waals surface area contributed by atoms with Crippen LogP contribution in [0.4, 0.5) is 75.2 Å². The Labute approximate surface area is 238 Å². The maximum Gasteiger partial charge on any atom is 0.393 e. The van der Waals surface area contributed by atoms with E-state index in [1.807, 2.05) is 0 Å². The third-order valence-electron chi connectivity index (χ3n) is 6.05. The Morgan fingerprint density at radius 3 is 1.65 bits per heavy atom. The molecule has 1 heterocycles. The van der Waals surface area contributed by atoms with Gasteiger partial charge < -0.3 is 10.1 Å². The van der Waals surface area contributed by atoms with Crippen LogP contribution in [0.3, 0.4) is 0 Å². The fourth-order valence-electron chi connectivity index (χ4n) is 3.62. The Bertz CT molecular complexity index is 1230. The Morgan fingerprint density at radius 1 is 0.744 bits per heavy atom. The highest BCUT2D eigenvalue weighted by molar-refractivity contribution is 7.17. The minimum absolute atomic E-state index is 0.0321. The SMILES string of the molecule is CCCOC(=O)c1c(NC(=O)C(F)(F)C(F)(F)C(F)(F)C(F)(F)C(F)(F)C(F)(F)C(F)(F)C(F)(F)Cl)sc2c1CCCC2. The summed E-state index contributed by atoms with van der Waals surface area (Å²) in [5, 5.41) is -7.04. The molecule has 0 atom stereocenters. The van der Waals surface area contributed by atoms with Crippen LogP contribution in [0.1, 0.15) is 47.0 Å². The predicted molar refractivity (Wildman–Crippen MR) is 116 cm³/mol. The highest BCUT2D eigenvalue weighted by Crippen LogP contribution is 2.64. The second kappa shape index (κ2) is 11.3. The van der Waals surface area contributed by atoms with Crippen LogP contribution in [0.25, 0.3) is 0 Å². The molecule has 0 saturated carbocycles. The molecule has 1 aromatic rings. The van der Waals surface area contributed by atoms with Gasteiger partial charge in [-0.1, -0.05) is 6.92 Å². The Hall–Kier alpha value is -2.19. The zero-order chi connectivity index (χ0) is 33.8. The van der Waals surface area contributed by atoms with Crippen LogP contribution < -0.4 is 5.32 Å². The van der Waals surface area contributed by atoms with Crippen LogP contribution in [-0.2, 0) is 22.4 Å². The lowest BCUT2D eigenvalue weighted by atomic mass is 9.89. The molecule has 1 N–H and O–H groups in total. The summed E-state index contributed by atoms with van der Waals surface area (Å²) in [7, 11) is 0. The van der Waals surface area contributed by atoms with E-state index < -0.39 is 69.3 Å². The van der Waals surface area contributed by atoms with Crippen LogP contribution >= 0.6 is 22.9 Å². The number of hydrogen-bond acceptors (Lipinski definition) is 4. The van der Waals surface area contributed by atoms with Crippen LogP contribution in [0.2, 0.25) is 0 Å². The Kier molecular flexibility index (Phi) is 9.73. The molecule has 248 valence electrons. The lowest BCUT2D eigenvalue weighted by Crippen LogP contribution is -2.75. The van der Waals surface area contributed by atoms with Crippen molar-refractivity contribution in [2.45, 2.75) is 85.9 Å². The summed E-state index contributed by atoms with van der Waals surface area (Å²) < 4.78 is 224. The van der Waals surface area contributed by atoms with E-state index >= 15 is 0 Å². The summed E-state index contributed by atoms with van der Waals surface area (Å²) in [5.41, 5.74) is -0.661. The predicted octanol–water partition coefficient (Wildman–Crippen LogP) is 8.41. The highest BCUT2D eigenvalue weighted by Gasteiger charge is 2.95. The lowest BCUT2D eigenvalue weighted by molar-refractivity contribution is -0.445. The monoisotopic (exact) mass is 701 g/mol. The van der Waals surface area contributed by atoms with Gasteiger partial charge in [-0.2, -0.15) is 70.2 Å². The smallest absolute Gasteiger partial charge is 0.393 e. The molecule has 2 rings (SSSR count). The van der Waals surface area contributed by atoms with Gasteiger partial charge in [-0.15, -0.1) is 11.3 Å². The number of anilines is 1. The number of amides is 1. The van der Waals surface area contributed by atoms with Crippen LogP contribution in [0, 0.1) is 0 Å². The van der Waals surface area contributed by atoms with E-state index in [1.165, 1.54) is 6.92 Å². The van der Waals surface area contributed by atoms with Gasteiger partial charge in [0.15, 0.2) is 0 Å². The molecule has 43 heavy (non-hydrogen) atoms. The fraction of sp³-hybridized carbons (Fsp3) is 0.714. The molecule has 0 bridgehead atoms. The number of thiophene rings is 1. The maximum absolute atomic E-state index is 14.4. The molecular weight excluding hydrogens is 686 g/mol. The minimum atomic E-state index is -8.70. The van der Waals surface area contributed by atoms with Crippen molar-refractivity contribution < 1.29 is 84.6 Å². The van der Waals surface area contributed by atoms with Gasteiger partial charge in [0.05, 0.1) is 12.2 Å². The Morgan fingerprint density at radius 2 is 1.19 bits per heavy atom. The minimum Gasteiger partial charge on any atom is -0.462 e. The van der Waals surface area contributed by atoms with Crippen LogP contribution in [0.15, 0.2) is 0 Å². The van der Waals surface area contributed by atoms with Gasteiger partial charge in [0, 0.05) is 4.88 Å². The second-order valence-corrected chi connectivity index (χ2v) is 10.6. The average Bonchev–Trinajstić information content (AvgIpc) is 3.23. The number of aryl methyl sites for hydroxylation is 1. The average molecular weight is 702 g/mol. The second-order valence-electron chi connectivity index (χ2n) is 9.02. The number of esters is 1. The molecule has 1 amide bonds. The highest BCUT2D eigenvalue weighted by atomic mass is 35.5. The van der Waals surface area contributed by atoms with E-state index in [-0.39, 0.29) is 47.6 Å². The molecule has 0 aliphatic heterocycles. The molecule has 1 aliphatic carbocycles. The van der Waals surface area contributed by atoms with Gasteiger partial charge in [-0.05, 0) is 49.3 Å². The first kappa shape index (κ1) is 37.0. The molecule has 0 unspecified atom stereocenters. The van der Waals surface area contributed by atoms with E-state index in [2.05, 4.69) is 11.6 Å². The third kappa shape index (κ3) is 5.49. The van der Waals surface area contributed by atoms with E-state index in [0.717, 1.165) is 5.32 Å². The van der Waals surface area contributed by atoms with Gasteiger partial charge in [0.2, 0.25) is 0 Å². The standard InChI is InChI=1S/C21H16ClF16NO3S/c1-2-7-42-12(40)10-8-5-3-4-6-9(8)43-11(10)39-13(41)14(23,24)15(25,26)16(27,28)17(29,30)18(31,32)19(33,34)20(35,36)21(22,37)38/h2-7H2,1H3,(H,39,41). The van der Waals surface area contributed by atoms with Crippen molar-refractivity contribution in [2.75, 3.05) is 11.9 Å². The first-order valence-corrected chi connectivity index (χ1v) is 12.6. The first-order valence-electron chi connectivity index (χ1n) is 11.4. The molecule has 4 nitrogen and oxygen atoms in total. The summed E-state index contributed by atoms with van der Waals surface area (Å²) in [4.78, 5) is 24.7. The number of carbonyl (C=O) groups excluding carboxylic acids is 2. The number of halogens is 17. The molecule has 22 heteroatoms. The summed E-state index contributed by atoms with van der Waals surface area (Å²) >= 11 is 3.75. The van der Waals surface area contributed by atoms with Crippen molar-refractivity contribution in [1.29, 1.82) is 0 Å². The van der Waals surface area contributed by atoms with E-state index in [4.69, 9.17) is 4.74 Å². The molecule has 0 aromatic carbocycles. The van der Waals surface area contributed by atoms with Crippen LogP contribution in [0.5, 0.6) is 0 Å². The van der Waals surface area contributed by atoms with E-state index in [9.17, 15) is 79.8 Å². The van der Waals surface area contributed by atoms with Crippen molar-refractivity contribution in [1.82, 2.24) is 0 Å². The van der Waals surface area contributed by atoms with Crippen molar-refractivity contribution in [3.63, 3.8) is 0 Å². The van der Waals surface area contributed by atoms with Crippen molar-refractivity contribution in [2.24, 2.45) is 0 Å². The number of hydrogen-bond donors (Lipinski definition) is 1. The number of alkyl halides is 17. The number of fused-ring (bicyclic) bond motifs is 1. The van der Waals surface area contributed by atoms with E-state index in [1.54, 1.807) is 0 Å². The largest absolute Gasteiger partial charge is 0.462 e. The molecule has 1 aliphatic rings.